The first-order valence-corrected chi connectivity index (χ1v) is 6.99. The van der Waals surface area contributed by atoms with E-state index < -0.39 is 0 Å². The number of hydrazine groups is 1. The molecule has 108 valence electrons. The van der Waals surface area contributed by atoms with Crippen molar-refractivity contribution in [1.82, 2.24) is 15.2 Å². The quantitative estimate of drug-likeness (QED) is 0.600. The summed E-state index contributed by atoms with van der Waals surface area (Å²) in [7, 11) is 0. The zero-order valence-corrected chi connectivity index (χ0v) is 12.0. The van der Waals surface area contributed by atoms with Crippen LogP contribution in [0.15, 0.2) is 36.7 Å². The molecule has 5 heteroatoms. The fourth-order valence-corrected chi connectivity index (χ4v) is 2.09. The van der Waals surface area contributed by atoms with E-state index in [-0.39, 0.29) is 6.04 Å². The third-order valence-electron chi connectivity index (χ3n) is 3.14. The highest BCUT2D eigenvalue weighted by molar-refractivity contribution is 5.35. The number of nitrogens with one attached hydrogen (secondary N) is 1. The molecule has 0 saturated heterocycles. The lowest BCUT2D eigenvalue weighted by Crippen LogP contribution is -2.28. The number of nitrogens with zero attached hydrogens (tertiary/aromatic N) is 2. The van der Waals surface area contributed by atoms with Gasteiger partial charge < -0.3 is 4.74 Å². The van der Waals surface area contributed by atoms with Crippen molar-refractivity contribution in [3.05, 3.63) is 47.8 Å². The van der Waals surface area contributed by atoms with Crippen LogP contribution in [-0.4, -0.2) is 16.4 Å². The minimum Gasteiger partial charge on any atom is -0.494 e. The van der Waals surface area contributed by atoms with Crippen molar-refractivity contribution >= 4 is 0 Å². The second-order valence-corrected chi connectivity index (χ2v) is 4.65. The summed E-state index contributed by atoms with van der Waals surface area (Å²) < 4.78 is 7.55. The van der Waals surface area contributed by atoms with Gasteiger partial charge in [0.2, 0.25) is 0 Å². The number of hydrogen-bond donors (Lipinski definition) is 2. The van der Waals surface area contributed by atoms with Gasteiger partial charge in [-0.3, -0.25) is 10.5 Å². The minimum absolute atomic E-state index is 0.0829. The van der Waals surface area contributed by atoms with Crippen LogP contribution in [0.2, 0.25) is 0 Å². The van der Waals surface area contributed by atoms with Crippen LogP contribution in [0.25, 0.3) is 0 Å². The van der Waals surface area contributed by atoms with Crippen molar-refractivity contribution in [3.8, 4) is 5.75 Å². The number of hydrogen-bond acceptors (Lipinski definition) is 4. The molecule has 1 unspecified atom stereocenters. The van der Waals surface area contributed by atoms with Crippen molar-refractivity contribution < 1.29 is 4.74 Å². The summed E-state index contributed by atoms with van der Waals surface area (Å²) in [5, 5.41) is 4.29. The molecule has 20 heavy (non-hydrogen) atoms. The normalized spacial score (nSPS) is 12.3. The Balaban J connectivity index is 2.22. The Kier molecular flexibility index (Phi) is 5.15. The predicted molar refractivity (Wildman–Crippen MR) is 79.3 cm³/mol. The SMILES string of the molecule is CCCOc1cccc(C(NN)c2cnn(CC)c2)c1. The molecular weight excluding hydrogens is 252 g/mol. The van der Waals surface area contributed by atoms with Crippen molar-refractivity contribution in [2.45, 2.75) is 32.9 Å². The lowest BCUT2D eigenvalue weighted by molar-refractivity contribution is 0.317. The standard InChI is InChI=1S/C15H22N4O/c1-3-8-20-14-7-5-6-12(9-14)15(18-16)13-10-17-19(4-2)11-13/h5-7,9-11,15,18H,3-4,8,16H2,1-2H3. The molecule has 0 aliphatic carbocycles. The average Bonchev–Trinajstić information content (AvgIpc) is 2.95. The molecule has 2 rings (SSSR count). The molecular formula is C15H22N4O. The molecule has 0 amide bonds. The highest BCUT2D eigenvalue weighted by Gasteiger charge is 2.15. The smallest absolute Gasteiger partial charge is 0.119 e. The van der Waals surface area contributed by atoms with E-state index in [0.717, 1.165) is 36.4 Å². The van der Waals surface area contributed by atoms with Gasteiger partial charge in [0.05, 0.1) is 18.8 Å². The van der Waals surface area contributed by atoms with E-state index in [0.29, 0.717) is 0 Å². The van der Waals surface area contributed by atoms with E-state index in [1.807, 2.05) is 41.3 Å². The van der Waals surface area contributed by atoms with Crippen molar-refractivity contribution in [1.29, 1.82) is 0 Å². The number of benzene rings is 1. The largest absolute Gasteiger partial charge is 0.494 e. The third-order valence-corrected chi connectivity index (χ3v) is 3.14. The van der Waals surface area contributed by atoms with Crippen LogP contribution in [0, 0.1) is 0 Å². The van der Waals surface area contributed by atoms with E-state index in [9.17, 15) is 0 Å². The topological polar surface area (TPSA) is 65.1 Å². The Bertz CT molecular complexity index is 538. The maximum Gasteiger partial charge on any atom is 0.119 e. The molecule has 0 spiro atoms. The number of ether oxygens (including phenoxy) is 1. The molecule has 0 fully saturated rings. The Morgan fingerprint density at radius 3 is 2.85 bits per heavy atom. The molecule has 1 aromatic heterocycles. The van der Waals surface area contributed by atoms with Crippen molar-refractivity contribution in [2.75, 3.05) is 6.61 Å². The highest BCUT2D eigenvalue weighted by Crippen LogP contribution is 2.24. The maximum atomic E-state index is 5.71. The minimum atomic E-state index is -0.0829. The van der Waals surface area contributed by atoms with Gasteiger partial charge in [0.15, 0.2) is 0 Å². The highest BCUT2D eigenvalue weighted by atomic mass is 16.5. The summed E-state index contributed by atoms with van der Waals surface area (Å²) in [4.78, 5) is 0. The van der Waals surface area contributed by atoms with Crippen LogP contribution in [0.4, 0.5) is 0 Å². The van der Waals surface area contributed by atoms with Gasteiger partial charge in [-0.15, -0.1) is 0 Å². The number of aromatic nitrogens is 2. The first-order valence-electron chi connectivity index (χ1n) is 6.99. The maximum absolute atomic E-state index is 5.71. The fraction of sp³-hybridized carbons (Fsp3) is 0.400. The number of rotatable bonds is 7. The number of nitrogens with two attached hydrogens (primary N) is 1. The van der Waals surface area contributed by atoms with Gasteiger partial charge in [-0.05, 0) is 31.0 Å². The molecule has 1 atom stereocenters. The monoisotopic (exact) mass is 274 g/mol. The van der Waals surface area contributed by atoms with E-state index in [4.69, 9.17) is 10.6 Å². The Hall–Kier alpha value is -1.85. The summed E-state index contributed by atoms with van der Waals surface area (Å²) in [5.74, 6) is 6.58. The zero-order valence-electron chi connectivity index (χ0n) is 12.0. The van der Waals surface area contributed by atoms with E-state index in [1.54, 1.807) is 0 Å². The van der Waals surface area contributed by atoms with Crippen LogP contribution in [0.1, 0.15) is 37.4 Å². The fourth-order valence-electron chi connectivity index (χ4n) is 2.09. The van der Waals surface area contributed by atoms with Crippen molar-refractivity contribution in [3.63, 3.8) is 0 Å². The molecule has 1 heterocycles. The molecule has 1 aromatic carbocycles. The first-order chi connectivity index (χ1) is 9.78. The van der Waals surface area contributed by atoms with E-state index in [1.165, 1.54) is 0 Å². The average molecular weight is 274 g/mol. The summed E-state index contributed by atoms with van der Waals surface area (Å²) in [6.07, 6.45) is 4.84. The van der Waals surface area contributed by atoms with Crippen LogP contribution in [-0.2, 0) is 6.54 Å². The summed E-state index contributed by atoms with van der Waals surface area (Å²) in [5.41, 5.74) is 4.96. The first kappa shape index (κ1) is 14.6. The number of aryl methyl sites for hydroxylation is 1. The van der Waals surface area contributed by atoms with Crippen LogP contribution in [0.5, 0.6) is 5.75 Å². The van der Waals surface area contributed by atoms with Gasteiger partial charge in [-0.25, -0.2) is 5.43 Å². The zero-order chi connectivity index (χ0) is 14.4. The molecule has 0 aliphatic rings. The van der Waals surface area contributed by atoms with Gasteiger partial charge in [0.25, 0.3) is 0 Å². The second-order valence-electron chi connectivity index (χ2n) is 4.65. The van der Waals surface area contributed by atoms with Crippen LogP contribution >= 0.6 is 0 Å². The van der Waals surface area contributed by atoms with Gasteiger partial charge in [-0.2, -0.15) is 5.10 Å². The predicted octanol–water partition coefficient (Wildman–Crippen LogP) is 2.24. The van der Waals surface area contributed by atoms with E-state index >= 15 is 0 Å². The van der Waals surface area contributed by atoms with Gasteiger partial charge in [-0.1, -0.05) is 19.1 Å². The second kappa shape index (κ2) is 7.07. The molecule has 0 saturated carbocycles. The Morgan fingerprint density at radius 1 is 1.35 bits per heavy atom. The summed E-state index contributed by atoms with van der Waals surface area (Å²) in [6.45, 7) is 5.71. The van der Waals surface area contributed by atoms with Crippen LogP contribution in [0.3, 0.4) is 0 Å². The lowest BCUT2D eigenvalue weighted by atomic mass is 10.0. The molecule has 0 radical (unpaired) electrons. The Labute approximate surface area is 119 Å². The molecule has 2 aromatic rings. The molecule has 0 aliphatic heterocycles. The van der Waals surface area contributed by atoms with Gasteiger partial charge in [0.1, 0.15) is 5.75 Å². The lowest BCUT2D eigenvalue weighted by Gasteiger charge is -2.16. The van der Waals surface area contributed by atoms with Gasteiger partial charge in [0, 0.05) is 18.3 Å². The van der Waals surface area contributed by atoms with Gasteiger partial charge >= 0.3 is 0 Å². The third kappa shape index (κ3) is 3.37. The van der Waals surface area contributed by atoms with Crippen LogP contribution < -0.4 is 16.0 Å². The molecule has 0 bridgehead atoms. The Morgan fingerprint density at radius 2 is 2.20 bits per heavy atom. The summed E-state index contributed by atoms with van der Waals surface area (Å²) >= 11 is 0. The summed E-state index contributed by atoms with van der Waals surface area (Å²) in [6, 6.07) is 7.91. The van der Waals surface area contributed by atoms with E-state index in [2.05, 4.69) is 24.4 Å². The molecule has 5 nitrogen and oxygen atoms in total. The molecule has 3 N–H and O–H groups in total. The van der Waals surface area contributed by atoms with Crippen molar-refractivity contribution in [2.24, 2.45) is 5.84 Å².